The lowest BCUT2D eigenvalue weighted by Crippen LogP contribution is -2.32. The first-order valence-corrected chi connectivity index (χ1v) is 9.29. The van der Waals surface area contributed by atoms with Crippen LogP contribution in [0.2, 0.25) is 0 Å². The molecule has 1 aliphatic heterocycles. The smallest absolute Gasteiger partial charge is 0.257 e. The van der Waals surface area contributed by atoms with Crippen molar-refractivity contribution >= 4 is 5.91 Å². The number of likely N-dealkylation sites (tertiary alicyclic amines) is 1. The van der Waals surface area contributed by atoms with E-state index in [1.165, 1.54) is 12.1 Å². The van der Waals surface area contributed by atoms with Crippen LogP contribution in [0, 0.1) is 26.6 Å². The lowest BCUT2D eigenvalue weighted by atomic mass is 10.0. The fourth-order valence-electron chi connectivity index (χ4n) is 3.67. The molecule has 0 aliphatic carbocycles. The molecule has 3 heterocycles. The van der Waals surface area contributed by atoms with Crippen LogP contribution in [0.3, 0.4) is 0 Å². The molecule has 3 aromatic rings. The molecular weight excluding hydrogens is 359 g/mol. The van der Waals surface area contributed by atoms with Crippen LogP contribution in [-0.4, -0.2) is 32.5 Å². The average Bonchev–Trinajstić information content (AvgIpc) is 3.29. The van der Waals surface area contributed by atoms with Gasteiger partial charge in [-0.3, -0.25) is 4.79 Å². The van der Waals surface area contributed by atoms with Gasteiger partial charge in [0.2, 0.25) is 0 Å². The molecule has 1 saturated heterocycles. The van der Waals surface area contributed by atoms with Crippen molar-refractivity contribution in [3.63, 3.8) is 0 Å². The highest BCUT2D eigenvalue weighted by molar-refractivity contribution is 5.95. The fraction of sp³-hybridized carbons (Fsp3) is 0.333. The van der Waals surface area contributed by atoms with Gasteiger partial charge < -0.3 is 9.42 Å². The van der Waals surface area contributed by atoms with Crippen LogP contribution in [-0.2, 0) is 0 Å². The molecule has 144 valence electrons. The Balaban J connectivity index is 1.78. The quantitative estimate of drug-likeness (QED) is 0.682. The maximum absolute atomic E-state index is 14.2. The summed E-state index contributed by atoms with van der Waals surface area (Å²) in [5.41, 5.74) is 3.23. The number of benzene rings is 1. The van der Waals surface area contributed by atoms with Crippen molar-refractivity contribution in [2.75, 3.05) is 6.54 Å². The Hall–Kier alpha value is -3.09. The van der Waals surface area contributed by atoms with E-state index in [1.54, 1.807) is 23.2 Å². The first-order valence-electron chi connectivity index (χ1n) is 9.29. The summed E-state index contributed by atoms with van der Waals surface area (Å²) >= 11 is 0. The van der Waals surface area contributed by atoms with Gasteiger partial charge in [-0.15, -0.1) is 0 Å². The second-order valence-corrected chi connectivity index (χ2v) is 7.07. The van der Waals surface area contributed by atoms with E-state index in [1.807, 2.05) is 20.8 Å². The lowest BCUT2D eigenvalue weighted by Gasteiger charge is -2.26. The van der Waals surface area contributed by atoms with Crippen molar-refractivity contribution < 1.29 is 13.7 Å². The summed E-state index contributed by atoms with van der Waals surface area (Å²) in [6.07, 6.45) is 3.28. The summed E-state index contributed by atoms with van der Waals surface area (Å²) < 4.78 is 19.7. The highest BCUT2D eigenvalue weighted by atomic mass is 19.1. The number of carbonyl (C=O) groups excluding carboxylic acids is 1. The molecule has 0 radical (unpaired) electrons. The van der Waals surface area contributed by atoms with Gasteiger partial charge in [0.15, 0.2) is 5.76 Å². The molecule has 0 N–H and O–H groups in total. The Bertz CT molecular complexity index is 1050. The Labute approximate surface area is 162 Å². The van der Waals surface area contributed by atoms with Crippen LogP contribution < -0.4 is 0 Å². The van der Waals surface area contributed by atoms with Crippen LogP contribution in [0.4, 0.5) is 4.39 Å². The van der Waals surface area contributed by atoms with Crippen molar-refractivity contribution in [1.82, 2.24) is 20.0 Å². The van der Waals surface area contributed by atoms with Crippen molar-refractivity contribution in [2.24, 2.45) is 0 Å². The number of hydrogen-bond donors (Lipinski definition) is 0. The molecule has 0 saturated carbocycles. The molecule has 28 heavy (non-hydrogen) atoms. The SMILES string of the molecule is Cc1ncc(-c2onc(C)c2C)c([C@H]2CCCN2C(=O)c2ccccc2F)n1. The van der Waals surface area contributed by atoms with Gasteiger partial charge in [0.1, 0.15) is 11.6 Å². The number of rotatable bonds is 3. The number of carbonyl (C=O) groups is 1. The molecule has 1 aromatic carbocycles. The van der Waals surface area contributed by atoms with E-state index >= 15 is 0 Å². The minimum absolute atomic E-state index is 0.0772. The molecule has 6 nitrogen and oxygen atoms in total. The van der Waals surface area contributed by atoms with Crippen LogP contribution in [0.25, 0.3) is 11.3 Å². The molecule has 0 unspecified atom stereocenters. The minimum Gasteiger partial charge on any atom is -0.356 e. The Morgan fingerprint density at radius 3 is 2.75 bits per heavy atom. The first-order chi connectivity index (χ1) is 13.5. The first kappa shape index (κ1) is 18.3. The van der Waals surface area contributed by atoms with Crippen molar-refractivity contribution in [3.8, 4) is 11.3 Å². The van der Waals surface area contributed by atoms with E-state index < -0.39 is 5.82 Å². The summed E-state index contributed by atoms with van der Waals surface area (Å²) in [7, 11) is 0. The molecule has 2 aromatic heterocycles. The van der Waals surface area contributed by atoms with E-state index in [4.69, 9.17) is 4.52 Å². The number of aryl methyl sites for hydroxylation is 2. The second-order valence-electron chi connectivity index (χ2n) is 7.07. The van der Waals surface area contributed by atoms with Gasteiger partial charge in [0.25, 0.3) is 5.91 Å². The molecule has 7 heteroatoms. The lowest BCUT2D eigenvalue weighted by molar-refractivity contribution is 0.0728. The van der Waals surface area contributed by atoms with Gasteiger partial charge in [-0.05, 0) is 45.7 Å². The summed E-state index contributed by atoms with van der Waals surface area (Å²) in [5.74, 6) is 0.378. The summed E-state index contributed by atoms with van der Waals surface area (Å²) in [4.78, 5) is 23.7. The normalized spacial score (nSPS) is 16.6. The van der Waals surface area contributed by atoms with Gasteiger partial charge in [-0.25, -0.2) is 14.4 Å². The largest absolute Gasteiger partial charge is 0.356 e. The topological polar surface area (TPSA) is 72.1 Å². The van der Waals surface area contributed by atoms with Crippen molar-refractivity contribution in [1.29, 1.82) is 0 Å². The van der Waals surface area contributed by atoms with Crippen molar-refractivity contribution in [2.45, 2.75) is 39.7 Å². The molecule has 0 bridgehead atoms. The fourth-order valence-corrected chi connectivity index (χ4v) is 3.67. The number of halogens is 1. The van der Waals surface area contributed by atoms with E-state index in [-0.39, 0.29) is 17.5 Å². The van der Waals surface area contributed by atoms with Gasteiger partial charge in [0, 0.05) is 18.3 Å². The summed E-state index contributed by atoms with van der Waals surface area (Å²) in [5, 5.41) is 4.04. The predicted molar refractivity (Wildman–Crippen MR) is 101 cm³/mol. The highest BCUT2D eigenvalue weighted by Gasteiger charge is 2.35. The van der Waals surface area contributed by atoms with Crippen LogP contribution in [0.15, 0.2) is 35.0 Å². The van der Waals surface area contributed by atoms with E-state index in [2.05, 4.69) is 15.1 Å². The Morgan fingerprint density at radius 1 is 1.25 bits per heavy atom. The average molecular weight is 380 g/mol. The summed E-state index contributed by atoms with van der Waals surface area (Å²) in [6, 6.07) is 5.80. The Kier molecular flexibility index (Phi) is 4.66. The van der Waals surface area contributed by atoms with Gasteiger partial charge in [-0.2, -0.15) is 0 Å². The van der Waals surface area contributed by atoms with Gasteiger partial charge >= 0.3 is 0 Å². The second kappa shape index (κ2) is 7.14. The van der Waals surface area contributed by atoms with Crippen molar-refractivity contribution in [3.05, 3.63) is 64.6 Å². The third-order valence-corrected chi connectivity index (χ3v) is 5.27. The highest BCUT2D eigenvalue weighted by Crippen LogP contribution is 2.38. The van der Waals surface area contributed by atoms with Gasteiger partial charge in [-0.1, -0.05) is 17.3 Å². The van der Waals surface area contributed by atoms with E-state index in [0.29, 0.717) is 23.8 Å². The number of aromatic nitrogens is 3. The van der Waals surface area contributed by atoms with E-state index in [0.717, 1.165) is 29.7 Å². The number of amides is 1. The summed E-state index contributed by atoms with van der Waals surface area (Å²) in [6.45, 7) is 6.17. The maximum Gasteiger partial charge on any atom is 0.257 e. The Morgan fingerprint density at radius 2 is 2.04 bits per heavy atom. The minimum atomic E-state index is -0.515. The monoisotopic (exact) mass is 380 g/mol. The third-order valence-electron chi connectivity index (χ3n) is 5.27. The molecule has 1 amide bonds. The van der Waals surface area contributed by atoms with Crippen LogP contribution in [0.1, 0.15) is 52.0 Å². The molecule has 1 aliphatic rings. The van der Waals surface area contributed by atoms with Crippen LogP contribution >= 0.6 is 0 Å². The predicted octanol–water partition coefficient (Wildman–Crippen LogP) is 4.17. The number of nitrogens with zero attached hydrogens (tertiary/aromatic N) is 4. The molecule has 1 fully saturated rings. The zero-order valence-corrected chi connectivity index (χ0v) is 16.1. The standard InChI is InChI=1S/C21H21FN4O2/c1-12-13(2)25-28-20(12)16-11-23-14(3)24-19(16)18-9-6-10-26(18)21(27)15-7-4-5-8-17(15)22/h4-5,7-8,11,18H,6,9-10H2,1-3H3/t18-/m1/s1. The molecular formula is C21H21FN4O2. The zero-order valence-electron chi connectivity index (χ0n) is 16.1. The number of hydrogen-bond acceptors (Lipinski definition) is 5. The van der Waals surface area contributed by atoms with Crippen LogP contribution in [0.5, 0.6) is 0 Å². The maximum atomic E-state index is 14.2. The zero-order chi connectivity index (χ0) is 19.8. The molecule has 0 spiro atoms. The third kappa shape index (κ3) is 3.06. The van der Waals surface area contributed by atoms with Gasteiger partial charge in [0.05, 0.1) is 28.6 Å². The van der Waals surface area contributed by atoms with E-state index in [9.17, 15) is 9.18 Å². The molecule has 1 atom stereocenters. The molecule has 4 rings (SSSR count).